The summed E-state index contributed by atoms with van der Waals surface area (Å²) in [5.41, 5.74) is 0.725. The molecule has 1 aromatic carbocycles. The second-order valence-corrected chi connectivity index (χ2v) is 6.43. The third kappa shape index (κ3) is 6.98. The summed E-state index contributed by atoms with van der Waals surface area (Å²) in [6.07, 6.45) is -0.542. The van der Waals surface area contributed by atoms with Crippen LogP contribution in [-0.2, 0) is 19.1 Å². The van der Waals surface area contributed by atoms with Gasteiger partial charge in [0.25, 0.3) is 5.09 Å². The van der Waals surface area contributed by atoms with Crippen molar-refractivity contribution in [1.82, 2.24) is 5.32 Å². The maximum atomic E-state index is 11.0. The standard InChI is InChI=1S/C17H23N3O7.ClH.H2O/c1-11(21)19-12-3-5-13(6-4-12)24-8-2-7-18-14-9-25-17-15(27-20(22)23)10-26-16(14)17;;/h3-6,14-18H,2,7-10H2,1H3,(H,19,21);1H;1H2/t14-,15-,16+,17+;;/m0../s1. The topological polar surface area (TPSA) is 153 Å². The first kappa shape index (κ1) is 24.9. The summed E-state index contributed by atoms with van der Waals surface area (Å²) >= 11 is 0. The fourth-order valence-corrected chi connectivity index (χ4v) is 3.23. The smallest absolute Gasteiger partial charge is 0.294 e. The summed E-state index contributed by atoms with van der Waals surface area (Å²) in [4.78, 5) is 26.1. The molecule has 0 aromatic heterocycles. The van der Waals surface area contributed by atoms with Crippen molar-refractivity contribution in [2.75, 3.05) is 31.7 Å². The van der Waals surface area contributed by atoms with Crippen LogP contribution in [0.2, 0.25) is 0 Å². The quantitative estimate of drug-likeness (QED) is 0.320. The number of halogens is 1. The van der Waals surface area contributed by atoms with Crippen molar-refractivity contribution < 1.29 is 34.4 Å². The molecule has 0 radical (unpaired) electrons. The number of carbonyl (C=O) groups excluding carboxylic acids is 1. The minimum atomic E-state index is -0.805. The van der Waals surface area contributed by atoms with Gasteiger partial charge in [0.1, 0.15) is 18.0 Å². The number of hydrogen-bond donors (Lipinski definition) is 2. The molecule has 2 saturated heterocycles. The lowest BCUT2D eigenvalue weighted by molar-refractivity contribution is -0.769. The Kier molecular flexibility index (Phi) is 10.1. The van der Waals surface area contributed by atoms with Crippen LogP contribution in [0.25, 0.3) is 0 Å². The van der Waals surface area contributed by atoms with E-state index in [1.54, 1.807) is 24.3 Å². The highest BCUT2D eigenvalue weighted by atomic mass is 35.5. The van der Waals surface area contributed by atoms with Crippen LogP contribution in [-0.4, -0.2) is 67.2 Å². The number of rotatable bonds is 9. The number of fused-ring (bicyclic) bond motifs is 1. The number of hydrogen-bond acceptors (Lipinski definition) is 8. The van der Waals surface area contributed by atoms with Crippen LogP contribution in [0.4, 0.5) is 5.69 Å². The van der Waals surface area contributed by atoms with Gasteiger partial charge < -0.3 is 35.2 Å². The molecule has 2 fully saturated rings. The lowest BCUT2D eigenvalue weighted by Gasteiger charge is -2.17. The van der Waals surface area contributed by atoms with Crippen molar-refractivity contribution in [3.63, 3.8) is 0 Å². The monoisotopic (exact) mass is 435 g/mol. The zero-order chi connectivity index (χ0) is 19.2. The van der Waals surface area contributed by atoms with Crippen LogP contribution in [0, 0.1) is 10.1 Å². The van der Waals surface area contributed by atoms with Crippen LogP contribution < -0.4 is 15.4 Å². The Morgan fingerprint density at radius 1 is 1.24 bits per heavy atom. The fraction of sp³-hybridized carbons (Fsp3) is 0.588. The Hall–Kier alpha value is -2.18. The third-order valence-corrected chi connectivity index (χ3v) is 4.40. The molecule has 29 heavy (non-hydrogen) atoms. The number of amides is 1. The van der Waals surface area contributed by atoms with E-state index in [4.69, 9.17) is 14.2 Å². The lowest BCUT2D eigenvalue weighted by Crippen LogP contribution is -2.42. The Labute approximate surface area is 173 Å². The summed E-state index contributed by atoms with van der Waals surface area (Å²) < 4.78 is 16.8. The van der Waals surface area contributed by atoms with Gasteiger partial charge in [0, 0.05) is 12.6 Å². The molecule has 1 aromatic rings. The highest BCUT2D eigenvalue weighted by molar-refractivity contribution is 5.88. The molecule has 0 aliphatic carbocycles. The van der Waals surface area contributed by atoms with Crippen molar-refractivity contribution in [1.29, 1.82) is 0 Å². The number of anilines is 1. The Morgan fingerprint density at radius 3 is 2.59 bits per heavy atom. The van der Waals surface area contributed by atoms with Gasteiger partial charge in [0.15, 0.2) is 6.10 Å². The van der Waals surface area contributed by atoms with Crippen LogP contribution in [0.15, 0.2) is 24.3 Å². The van der Waals surface area contributed by atoms with E-state index in [-0.39, 0.29) is 42.5 Å². The Balaban J connectivity index is 0.00000210. The highest BCUT2D eigenvalue weighted by Gasteiger charge is 2.49. The molecule has 0 spiro atoms. The van der Waals surface area contributed by atoms with Crippen molar-refractivity contribution >= 4 is 24.0 Å². The lowest BCUT2D eigenvalue weighted by atomic mass is 10.1. The fourth-order valence-electron chi connectivity index (χ4n) is 3.23. The zero-order valence-corrected chi connectivity index (χ0v) is 16.7. The average Bonchev–Trinajstić information content (AvgIpc) is 3.19. The van der Waals surface area contributed by atoms with E-state index in [0.717, 1.165) is 17.9 Å². The van der Waals surface area contributed by atoms with Gasteiger partial charge in [0.2, 0.25) is 5.91 Å². The first-order chi connectivity index (χ1) is 13.0. The molecule has 1 amide bonds. The molecule has 2 heterocycles. The number of nitrogens with one attached hydrogen (secondary N) is 2. The SMILES string of the molecule is CC(=O)Nc1ccc(OCCCN[C@H]2CO[C@H]3[C@@H]2OC[C@@H]3O[N+](=O)[O-])cc1.Cl.O. The van der Waals surface area contributed by atoms with Gasteiger partial charge in [-0.1, -0.05) is 0 Å². The van der Waals surface area contributed by atoms with E-state index >= 15 is 0 Å². The van der Waals surface area contributed by atoms with Gasteiger partial charge >= 0.3 is 0 Å². The van der Waals surface area contributed by atoms with Gasteiger partial charge in [-0.05, 0) is 37.2 Å². The van der Waals surface area contributed by atoms with Gasteiger partial charge in [-0.2, -0.15) is 0 Å². The molecular formula is C17H26ClN3O8. The molecule has 0 bridgehead atoms. The van der Waals surface area contributed by atoms with Gasteiger partial charge in [-0.15, -0.1) is 22.5 Å². The second kappa shape index (κ2) is 11.7. The summed E-state index contributed by atoms with van der Waals surface area (Å²) in [6, 6.07) is 7.15. The van der Waals surface area contributed by atoms with Crippen molar-refractivity contribution in [3.05, 3.63) is 34.4 Å². The summed E-state index contributed by atoms with van der Waals surface area (Å²) in [7, 11) is 0. The Bertz CT molecular complexity index is 663. The average molecular weight is 436 g/mol. The largest absolute Gasteiger partial charge is 0.494 e. The maximum Gasteiger partial charge on any atom is 0.294 e. The Morgan fingerprint density at radius 2 is 1.93 bits per heavy atom. The summed E-state index contributed by atoms with van der Waals surface area (Å²) in [5, 5.41) is 15.7. The van der Waals surface area contributed by atoms with Crippen molar-refractivity contribution in [2.24, 2.45) is 0 Å². The number of benzene rings is 1. The van der Waals surface area contributed by atoms with Gasteiger partial charge in [-0.3, -0.25) is 4.79 Å². The zero-order valence-electron chi connectivity index (χ0n) is 15.9. The first-order valence-electron chi connectivity index (χ1n) is 8.81. The number of carbonyl (C=O) groups is 1. The first-order valence-corrected chi connectivity index (χ1v) is 8.81. The molecule has 0 saturated carbocycles. The van der Waals surface area contributed by atoms with E-state index in [2.05, 4.69) is 15.5 Å². The molecule has 3 rings (SSSR count). The minimum Gasteiger partial charge on any atom is -0.494 e. The van der Waals surface area contributed by atoms with Gasteiger partial charge in [-0.25, -0.2) is 0 Å². The van der Waals surface area contributed by atoms with E-state index in [1.807, 2.05) is 0 Å². The van der Waals surface area contributed by atoms with Crippen LogP contribution in [0.1, 0.15) is 13.3 Å². The minimum absolute atomic E-state index is 0. The predicted molar refractivity (Wildman–Crippen MR) is 105 cm³/mol. The normalized spacial score (nSPS) is 24.6. The molecule has 2 aliphatic rings. The molecule has 164 valence electrons. The molecule has 4 N–H and O–H groups in total. The number of ether oxygens (including phenoxy) is 3. The van der Waals surface area contributed by atoms with E-state index in [9.17, 15) is 14.9 Å². The van der Waals surface area contributed by atoms with Crippen LogP contribution in [0.3, 0.4) is 0 Å². The second-order valence-electron chi connectivity index (χ2n) is 6.43. The van der Waals surface area contributed by atoms with E-state index in [1.165, 1.54) is 6.92 Å². The molecule has 11 nitrogen and oxygen atoms in total. The number of nitrogens with zero attached hydrogens (tertiary/aromatic N) is 1. The molecule has 0 unspecified atom stereocenters. The van der Waals surface area contributed by atoms with Gasteiger partial charge in [0.05, 0.1) is 25.9 Å². The molecule has 12 heteroatoms. The summed E-state index contributed by atoms with van der Waals surface area (Å²) in [5.74, 6) is 0.614. The predicted octanol–water partition coefficient (Wildman–Crippen LogP) is 0.344. The molecular weight excluding hydrogens is 410 g/mol. The molecule has 2 aliphatic heterocycles. The van der Waals surface area contributed by atoms with E-state index in [0.29, 0.717) is 19.8 Å². The van der Waals surface area contributed by atoms with Crippen molar-refractivity contribution in [2.45, 2.75) is 37.7 Å². The highest BCUT2D eigenvalue weighted by Crippen LogP contribution is 2.28. The van der Waals surface area contributed by atoms with Crippen LogP contribution in [0.5, 0.6) is 5.75 Å². The van der Waals surface area contributed by atoms with E-state index < -0.39 is 17.3 Å². The maximum absolute atomic E-state index is 11.0. The van der Waals surface area contributed by atoms with Crippen molar-refractivity contribution in [3.8, 4) is 5.75 Å². The third-order valence-electron chi connectivity index (χ3n) is 4.40. The molecule has 4 atom stereocenters. The van der Waals surface area contributed by atoms with Crippen LogP contribution >= 0.6 is 12.4 Å². The summed E-state index contributed by atoms with van der Waals surface area (Å²) in [6.45, 7) is 3.28.